The summed E-state index contributed by atoms with van der Waals surface area (Å²) in [6.07, 6.45) is 8.90. The molecule has 4 aromatic rings. The molecule has 1 fully saturated rings. The van der Waals surface area contributed by atoms with Crippen molar-refractivity contribution < 1.29 is 9.18 Å². The van der Waals surface area contributed by atoms with E-state index in [0.29, 0.717) is 40.1 Å². The Morgan fingerprint density at radius 1 is 1.16 bits per heavy atom. The number of carbonyl (C=O) groups is 1. The Morgan fingerprint density at radius 3 is 2.60 bits per heavy atom. The number of ketones is 1. The van der Waals surface area contributed by atoms with E-state index in [1.165, 1.54) is 13.0 Å². The van der Waals surface area contributed by atoms with E-state index in [4.69, 9.17) is 16.6 Å². The van der Waals surface area contributed by atoms with Crippen molar-refractivity contribution in [3.8, 4) is 11.1 Å². The molecule has 1 atom stereocenters. The molecule has 45 heavy (non-hydrogen) atoms. The van der Waals surface area contributed by atoms with Gasteiger partial charge in [-0.2, -0.15) is 0 Å². The SMILES string of the molecule is CCC(C)Cc1nc(Nc2ccc(C3CCN(C)CC3)c(F)c2)ncc1C=C(C(C)=O)c1ccc(-c2cccnc2C)cc1Cl. The van der Waals surface area contributed by atoms with Crippen molar-refractivity contribution in [3.63, 3.8) is 0 Å². The fourth-order valence-electron chi connectivity index (χ4n) is 5.84. The van der Waals surface area contributed by atoms with Crippen molar-refractivity contribution >= 4 is 40.7 Å². The summed E-state index contributed by atoms with van der Waals surface area (Å²) in [5, 5.41) is 3.68. The first-order valence-corrected chi connectivity index (χ1v) is 16.1. The average molecular weight is 626 g/mol. The lowest BCUT2D eigenvalue weighted by Gasteiger charge is -2.29. The fourth-order valence-corrected chi connectivity index (χ4v) is 6.13. The number of nitrogens with zero attached hydrogens (tertiary/aromatic N) is 4. The highest BCUT2D eigenvalue weighted by atomic mass is 35.5. The number of likely N-dealkylation sites (tertiary alicyclic amines) is 1. The molecule has 6 nitrogen and oxygen atoms in total. The first-order valence-electron chi connectivity index (χ1n) is 15.7. The summed E-state index contributed by atoms with van der Waals surface area (Å²) >= 11 is 6.79. The molecule has 0 spiro atoms. The molecule has 1 aliphatic heterocycles. The summed E-state index contributed by atoms with van der Waals surface area (Å²) in [6, 6.07) is 14.9. The monoisotopic (exact) mass is 625 g/mol. The van der Waals surface area contributed by atoms with Crippen LogP contribution in [-0.2, 0) is 11.2 Å². The highest BCUT2D eigenvalue weighted by Gasteiger charge is 2.22. The van der Waals surface area contributed by atoms with Gasteiger partial charge in [-0.25, -0.2) is 14.4 Å². The minimum atomic E-state index is -0.207. The maximum absolute atomic E-state index is 15.2. The van der Waals surface area contributed by atoms with Crippen LogP contribution in [0.3, 0.4) is 0 Å². The van der Waals surface area contributed by atoms with E-state index in [1.807, 2.05) is 55.5 Å². The lowest BCUT2D eigenvalue weighted by molar-refractivity contribution is -0.111. The predicted molar refractivity (Wildman–Crippen MR) is 182 cm³/mol. The van der Waals surface area contributed by atoms with Crippen molar-refractivity contribution in [2.45, 2.75) is 59.3 Å². The van der Waals surface area contributed by atoms with Crippen molar-refractivity contribution in [3.05, 3.63) is 99.8 Å². The molecule has 1 unspecified atom stereocenters. The summed E-state index contributed by atoms with van der Waals surface area (Å²) in [5.41, 5.74) is 6.88. The number of aromatic nitrogens is 3. The molecule has 5 rings (SSSR count). The van der Waals surface area contributed by atoms with Gasteiger partial charge in [0.05, 0.1) is 5.69 Å². The summed E-state index contributed by atoms with van der Waals surface area (Å²) in [5.74, 6) is 0.660. The average Bonchev–Trinajstić information content (AvgIpc) is 3.01. The summed E-state index contributed by atoms with van der Waals surface area (Å²) < 4.78 is 15.2. The molecular formula is C37H41ClFN5O. The zero-order valence-corrected chi connectivity index (χ0v) is 27.5. The number of rotatable bonds is 10. The largest absolute Gasteiger partial charge is 0.324 e. The molecule has 8 heteroatoms. The fraction of sp³-hybridized carbons (Fsp3) is 0.351. The molecule has 0 aliphatic carbocycles. The van der Waals surface area contributed by atoms with Gasteiger partial charge in [0.2, 0.25) is 5.95 Å². The second-order valence-corrected chi connectivity index (χ2v) is 12.6. The topological polar surface area (TPSA) is 71.0 Å². The van der Waals surface area contributed by atoms with Crippen LogP contribution in [0.15, 0.2) is 60.9 Å². The number of halogens is 2. The Kier molecular flexibility index (Phi) is 10.4. The van der Waals surface area contributed by atoms with Crippen LogP contribution in [0, 0.1) is 18.7 Å². The maximum Gasteiger partial charge on any atom is 0.227 e. The van der Waals surface area contributed by atoms with Crippen LogP contribution >= 0.6 is 11.6 Å². The van der Waals surface area contributed by atoms with Gasteiger partial charge in [-0.1, -0.05) is 56.1 Å². The number of aryl methyl sites for hydroxylation is 1. The van der Waals surface area contributed by atoms with E-state index in [2.05, 4.69) is 41.1 Å². The second-order valence-electron chi connectivity index (χ2n) is 12.2. The quantitative estimate of drug-likeness (QED) is 0.177. The van der Waals surface area contributed by atoms with E-state index in [0.717, 1.165) is 66.0 Å². The van der Waals surface area contributed by atoms with E-state index >= 15 is 4.39 Å². The maximum atomic E-state index is 15.2. The highest BCUT2D eigenvalue weighted by Crippen LogP contribution is 2.34. The number of hydrogen-bond donors (Lipinski definition) is 1. The van der Waals surface area contributed by atoms with Crippen LogP contribution in [0.4, 0.5) is 16.0 Å². The van der Waals surface area contributed by atoms with Crippen LogP contribution in [0.5, 0.6) is 0 Å². The van der Waals surface area contributed by atoms with E-state index in [-0.39, 0.29) is 17.5 Å². The van der Waals surface area contributed by atoms with Gasteiger partial charge >= 0.3 is 0 Å². The lowest BCUT2D eigenvalue weighted by Crippen LogP contribution is -2.29. The highest BCUT2D eigenvalue weighted by molar-refractivity contribution is 6.36. The van der Waals surface area contributed by atoms with E-state index < -0.39 is 0 Å². The van der Waals surface area contributed by atoms with Gasteiger partial charge < -0.3 is 10.2 Å². The van der Waals surface area contributed by atoms with Crippen molar-refractivity contribution in [2.75, 3.05) is 25.5 Å². The number of benzene rings is 2. The van der Waals surface area contributed by atoms with Crippen molar-refractivity contribution in [1.29, 1.82) is 0 Å². The zero-order chi connectivity index (χ0) is 32.1. The molecule has 2 aromatic heterocycles. The van der Waals surface area contributed by atoms with E-state index in [1.54, 1.807) is 12.4 Å². The van der Waals surface area contributed by atoms with Gasteiger partial charge in [-0.3, -0.25) is 9.78 Å². The molecule has 1 N–H and O–H groups in total. The second kappa shape index (κ2) is 14.4. The minimum absolute atomic E-state index is 0.112. The molecule has 0 bridgehead atoms. The number of hydrogen-bond acceptors (Lipinski definition) is 6. The number of anilines is 2. The Balaban J connectivity index is 1.44. The first kappa shape index (κ1) is 32.5. The van der Waals surface area contributed by atoms with Gasteiger partial charge in [0.25, 0.3) is 0 Å². The Morgan fingerprint density at radius 2 is 1.93 bits per heavy atom. The van der Waals surface area contributed by atoms with Crippen molar-refractivity contribution in [1.82, 2.24) is 19.9 Å². The van der Waals surface area contributed by atoms with Crippen LogP contribution in [0.25, 0.3) is 22.8 Å². The third-order valence-electron chi connectivity index (χ3n) is 8.81. The smallest absolute Gasteiger partial charge is 0.227 e. The molecule has 234 valence electrons. The number of pyridine rings is 1. The molecule has 0 amide bonds. The summed E-state index contributed by atoms with van der Waals surface area (Å²) in [4.78, 5) is 29.1. The molecule has 0 saturated carbocycles. The summed E-state index contributed by atoms with van der Waals surface area (Å²) in [7, 11) is 2.11. The van der Waals surface area contributed by atoms with Gasteiger partial charge in [0.1, 0.15) is 5.82 Å². The molecule has 1 saturated heterocycles. The van der Waals surface area contributed by atoms with Crippen molar-refractivity contribution in [2.24, 2.45) is 5.92 Å². The van der Waals surface area contributed by atoms with Crippen LogP contribution in [0.2, 0.25) is 5.02 Å². The number of Topliss-reactive ketones (excluding diaryl/α,β-unsaturated/α-hetero) is 1. The zero-order valence-electron chi connectivity index (χ0n) is 26.7. The number of allylic oxidation sites excluding steroid dienone is 1. The Bertz CT molecular complexity index is 1710. The minimum Gasteiger partial charge on any atom is -0.324 e. The molecule has 2 aromatic carbocycles. The van der Waals surface area contributed by atoms with Crippen LogP contribution < -0.4 is 5.32 Å². The third-order valence-corrected chi connectivity index (χ3v) is 9.12. The molecule has 1 aliphatic rings. The van der Waals surface area contributed by atoms with Crippen LogP contribution in [0.1, 0.15) is 74.0 Å². The first-order chi connectivity index (χ1) is 21.6. The summed E-state index contributed by atoms with van der Waals surface area (Å²) in [6.45, 7) is 9.76. The lowest BCUT2D eigenvalue weighted by atomic mass is 9.89. The standard InChI is InChI=1S/C37H41ClFN5O/c1-6-23(2)18-36-28(19-33(25(4)45)32-11-9-27(20-34(32)38)30-8-7-15-40-24(30)3)22-41-37(43-36)42-29-10-12-31(35(39)21-29)26-13-16-44(5)17-14-26/h7-12,15,19-23,26H,6,13-14,16-18H2,1-5H3,(H,41,42,43). The predicted octanol–water partition coefficient (Wildman–Crippen LogP) is 8.91. The van der Waals surface area contributed by atoms with Crippen LogP contribution in [-0.4, -0.2) is 45.8 Å². The number of carbonyl (C=O) groups excluding carboxylic acids is 1. The van der Waals surface area contributed by atoms with Gasteiger partial charge in [-0.15, -0.1) is 0 Å². The van der Waals surface area contributed by atoms with Gasteiger partial charge in [-0.05, 0) is 107 Å². The Hall–Kier alpha value is -3.94. The molecule has 0 radical (unpaired) electrons. The van der Waals surface area contributed by atoms with Gasteiger partial charge in [0.15, 0.2) is 5.78 Å². The molecule has 3 heterocycles. The van der Waals surface area contributed by atoms with E-state index in [9.17, 15) is 4.79 Å². The van der Waals surface area contributed by atoms with Gasteiger partial charge in [0, 0.05) is 51.1 Å². The Labute approximate surface area is 270 Å². The normalized spacial score (nSPS) is 15.2. The number of piperidine rings is 1. The third kappa shape index (κ3) is 7.84. The number of nitrogens with one attached hydrogen (secondary N) is 1. The molecular weight excluding hydrogens is 585 g/mol.